The predicted molar refractivity (Wildman–Crippen MR) is 90.3 cm³/mol. The summed E-state index contributed by atoms with van der Waals surface area (Å²) in [6.45, 7) is 2.93. The highest BCUT2D eigenvalue weighted by Crippen LogP contribution is 2.32. The molecule has 2 N–H and O–H groups in total. The van der Waals surface area contributed by atoms with E-state index < -0.39 is 10.0 Å². The number of carbonyl (C=O) groups is 1. The Morgan fingerprint density at radius 2 is 2.12 bits per heavy atom. The van der Waals surface area contributed by atoms with E-state index in [0.717, 1.165) is 25.7 Å². The zero-order chi connectivity index (χ0) is 17.2. The van der Waals surface area contributed by atoms with E-state index in [4.69, 9.17) is 4.74 Å². The number of hydrogen-bond donors (Lipinski definition) is 2. The summed E-state index contributed by atoms with van der Waals surface area (Å²) in [6.07, 6.45) is 4.04. The van der Waals surface area contributed by atoms with Crippen molar-refractivity contribution in [2.45, 2.75) is 49.6 Å². The van der Waals surface area contributed by atoms with Crippen LogP contribution in [-0.2, 0) is 14.8 Å². The number of nitrogens with one attached hydrogen (secondary N) is 2. The fourth-order valence-electron chi connectivity index (χ4n) is 2.90. The quantitative estimate of drug-likeness (QED) is 0.782. The van der Waals surface area contributed by atoms with Crippen molar-refractivity contribution in [2.75, 3.05) is 13.2 Å². The summed E-state index contributed by atoms with van der Waals surface area (Å²) < 4.78 is 32.8. The molecule has 24 heavy (non-hydrogen) atoms. The van der Waals surface area contributed by atoms with E-state index in [9.17, 15) is 13.2 Å². The van der Waals surface area contributed by atoms with Gasteiger partial charge in [0.2, 0.25) is 10.0 Å². The highest BCUT2D eigenvalue weighted by molar-refractivity contribution is 7.89. The van der Waals surface area contributed by atoms with Crippen LogP contribution in [0.15, 0.2) is 29.2 Å². The molecule has 7 heteroatoms. The number of sulfonamides is 1. The molecule has 0 aromatic heterocycles. The number of benzene rings is 1. The van der Waals surface area contributed by atoms with E-state index in [0.29, 0.717) is 18.1 Å². The van der Waals surface area contributed by atoms with Crippen LogP contribution in [0.4, 0.5) is 0 Å². The van der Waals surface area contributed by atoms with Gasteiger partial charge in [0.1, 0.15) is 0 Å². The average molecular weight is 352 g/mol. The van der Waals surface area contributed by atoms with Gasteiger partial charge in [-0.15, -0.1) is 0 Å². The van der Waals surface area contributed by atoms with Crippen molar-refractivity contribution >= 4 is 15.9 Å². The maximum Gasteiger partial charge on any atom is 0.251 e. The van der Waals surface area contributed by atoms with E-state index in [-0.39, 0.29) is 29.5 Å². The first-order valence-corrected chi connectivity index (χ1v) is 9.96. The molecule has 132 valence electrons. The van der Waals surface area contributed by atoms with Crippen molar-refractivity contribution in [3.05, 3.63) is 29.8 Å². The summed E-state index contributed by atoms with van der Waals surface area (Å²) in [5.74, 6) is 0.319. The van der Waals surface area contributed by atoms with Gasteiger partial charge >= 0.3 is 0 Å². The Hall–Kier alpha value is -1.44. The maximum atomic E-state index is 12.4. The van der Waals surface area contributed by atoms with Gasteiger partial charge in [-0.2, -0.15) is 0 Å². The minimum Gasteiger partial charge on any atom is -0.377 e. The zero-order valence-electron chi connectivity index (χ0n) is 13.8. The predicted octanol–water partition coefficient (Wildman–Crippen LogP) is 1.67. The maximum absolute atomic E-state index is 12.4. The lowest BCUT2D eigenvalue weighted by Crippen LogP contribution is -2.34. The van der Waals surface area contributed by atoms with Crippen molar-refractivity contribution in [3.8, 4) is 0 Å². The first-order valence-electron chi connectivity index (χ1n) is 8.48. The van der Waals surface area contributed by atoms with Gasteiger partial charge in [-0.25, -0.2) is 13.1 Å². The van der Waals surface area contributed by atoms with Gasteiger partial charge in [0.25, 0.3) is 5.91 Å². The molecule has 1 aromatic rings. The lowest BCUT2D eigenvalue weighted by Gasteiger charge is -2.14. The number of amides is 1. The molecule has 2 atom stereocenters. The van der Waals surface area contributed by atoms with E-state index in [1.807, 2.05) is 6.92 Å². The first-order chi connectivity index (χ1) is 11.5. The molecule has 1 aliphatic carbocycles. The SMILES string of the molecule is CC(NC(=O)c1cccc(S(=O)(=O)NCC2CCCO2)c1)C1CC1. The number of carbonyl (C=O) groups excluding carboxylic acids is 1. The van der Waals surface area contributed by atoms with Crippen LogP contribution >= 0.6 is 0 Å². The molecular formula is C17H24N2O4S. The fourth-order valence-corrected chi connectivity index (χ4v) is 4.01. The monoisotopic (exact) mass is 352 g/mol. The molecule has 1 saturated heterocycles. The van der Waals surface area contributed by atoms with Gasteiger partial charge in [0.05, 0.1) is 11.0 Å². The standard InChI is InChI=1S/C17H24N2O4S/c1-12(13-7-8-13)19-17(20)14-4-2-6-16(10-14)24(21,22)18-11-15-5-3-9-23-15/h2,4,6,10,12-13,15,18H,3,5,7-9,11H2,1H3,(H,19,20). The highest BCUT2D eigenvalue weighted by Gasteiger charge is 2.29. The lowest BCUT2D eigenvalue weighted by atomic mass is 10.1. The molecule has 0 spiro atoms. The molecule has 3 rings (SSSR count). The Labute approximate surface area is 143 Å². The van der Waals surface area contributed by atoms with Gasteiger partial charge in [0, 0.05) is 24.8 Å². The minimum absolute atomic E-state index is 0.0642. The third-order valence-electron chi connectivity index (χ3n) is 4.62. The van der Waals surface area contributed by atoms with E-state index in [1.165, 1.54) is 12.1 Å². The molecule has 1 aromatic carbocycles. The lowest BCUT2D eigenvalue weighted by molar-refractivity contribution is 0.0935. The van der Waals surface area contributed by atoms with Crippen LogP contribution < -0.4 is 10.0 Å². The summed E-state index contributed by atoms with van der Waals surface area (Å²) in [7, 11) is -3.65. The van der Waals surface area contributed by atoms with Gasteiger partial charge in [0.15, 0.2) is 0 Å². The molecule has 0 bridgehead atoms. The van der Waals surface area contributed by atoms with E-state index >= 15 is 0 Å². The van der Waals surface area contributed by atoms with Crippen LogP contribution in [0.3, 0.4) is 0 Å². The largest absolute Gasteiger partial charge is 0.377 e. The Balaban J connectivity index is 1.65. The van der Waals surface area contributed by atoms with Crippen LogP contribution in [0.1, 0.15) is 43.0 Å². The van der Waals surface area contributed by atoms with Crippen LogP contribution in [0.25, 0.3) is 0 Å². The molecule has 1 heterocycles. The molecule has 2 aliphatic rings. The van der Waals surface area contributed by atoms with Crippen molar-refractivity contribution < 1.29 is 17.9 Å². The summed E-state index contributed by atoms with van der Waals surface area (Å²) in [5, 5.41) is 2.94. The molecule has 1 amide bonds. The van der Waals surface area contributed by atoms with Gasteiger partial charge in [-0.05, 0) is 56.7 Å². The second-order valence-electron chi connectivity index (χ2n) is 6.61. The molecular weight excluding hydrogens is 328 g/mol. The minimum atomic E-state index is -3.65. The Morgan fingerprint density at radius 1 is 1.33 bits per heavy atom. The number of ether oxygens (including phenoxy) is 1. The molecule has 0 radical (unpaired) electrons. The summed E-state index contributed by atoms with van der Waals surface area (Å²) in [5.41, 5.74) is 0.363. The first kappa shape index (κ1) is 17.4. The molecule has 2 unspecified atom stereocenters. The molecule has 2 fully saturated rings. The van der Waals surface area contributed by atoms with Crippen LogP contribution in [0, 0.1) is 5.92 Å². The Bertz CT molecular complexity index is 694. The van der Waals surface area contributed by atoms with E-state index in [1.54, 1.807) is 12.1 Å². The average Bonchev–Trinajstić information content (AvgIpc) is 3.30. The van der Waals surface area contributed by atoms with Crippen LogP contribution in [0.5, 0.6) is 0 Å². The topological polar surface area (TPSA) is 84.5 Å². The van der Waals surface area contributed by atoms with E-state index in [2.05, 4.69) is 10.0 Å². The third kappa shape index (κ3) is 4.34. The molecule has 6 nitrogen and oxygen atoms in total. The third-order valence-corrected chi connectivity index (χ3v) is 6.04. The highest BCUT2D eigenvalue weighted by atomic mass is 32.2. The molecule has 1 saturated carbocycles. The fraction of sp³-hybridized carbons (Fsp3) is 0.588. The number of hydrogen-bond acceptors (Lipinski definition) is 4. The van der Waals surface area contributed by atoms with Gasteiger partial charge < -0.3 is 10.1 Å². The summed E-state index contributed by atoms with van der Waals surface area (Å²) >= 11 is 0. The van der Waals surface area contributed by atoms with Crippen molar-refractivity contribution in [3.63, 3.8) is 0 Å². The van der Waals surface area contributed by atoms with Crippen molar-refractivity contribution in [2.24, 2.45) is 5.92 Å². The Morgan fingerprint density at radius 3 is 2.79 bits per heavy atom. The van der Waals surface area contributed by atoms with Crippen LogP contribution in [0.2, 0.25) is 0 Å². The normalized spacial score (nSPS) is 22.3. The second-order valence-corrected chi connectivity index (χ2v) is 8.38. The summed E-state index contributed by atoms with van der Waals surface area (Å²) in [4.78, 5) is 12.4. The second kappa shape index (κ2) is 7.21. The van der Waals surface area contributed by atoms with Crippen LogP contribution in [-0.4, -0.2) is 39.6 Å². The molecule has 1 aliphatic heterocycles. The zero-order valence-corrected chi connectivity index (χ0v) is 14.6. The number of rotatable bonds is 7. The van der Waals surface area contributed by atoms with Gasteiger partial charge in [-0.1, -0.05) is 6.07 Å². The van der Waals surface area contributed by atoms with Crippen molar-refractivity contribution in [1.82, 2.24) is 10.0 Å². The van der Waals surface area contributed by atoms with Crippen molar-refractivity contribution in [1.29, 1.82) is 0 Å². The smallest absolute Gasteiger partial charge is 0.251 e. The Kier molecular flexibility index (Phi) is 5.22. The summed E-state index contributed by atoms with van der Waals surface area (Å²) in [6, 6.07) is 6.27. The van der Waals surface area contributed by atoms with Gasteiger partial charge in [-0.3, -0.25) is 4.79 Å².